The highest BCUT2D eigenvalue weighted by atomic mass is 35.5. The average Bonchev–Trinajstić information content (AvgIpc) is 3.75. The summed E-state index contributed by atoms with van der Waals surface area (Å²) in [7, 11) is 0. The van der Waals surface area contributed by atoms with Gasteiger partial charge in [-0.1, -0.05) is 23.7 Å². The maximum Gasteiger partial charge on any atom is 0.326 e. The van der Waals surface area contributed by atoms with Gasteiger partial charge in [0.25, 0.3) is 6.01 Å². The summed E-state index contributed by atoms with van der Waals surface area (Å²) in [4.78, 5) is 43.9. The van der Waals surface area contributed by atoms with Crippen LogP contribution in [-0.2, 0) is 20.9 Å². The number of amides is 1. The van der Waals surface area contributed by atoms with Crippen molar-refractivity contribution in [2.24, 2.45) is 0 Å². The number of nitrogens with zero attached hydrogens (tertiary/aromatic N) is 6. The first-order valence-corrected chi connectivity index (χ1v) is 16.2. The van der Waals surface area contributed by atoms with Crippen LogP contribution in [0.3, 0.4) is 0 Å². The molecule has 46 heavy (non-hydrogen) atoms. The fourth-order valence-corrected chi connectivity index (χ4v) is 7.20. The monoisotopic (exact) mass is 644 g/mol. The van der Waals surface area contributed by atoms with Crippen molar-refractivity contribution in [3.63, 3.8) is 0 Å². The van der Waals surface area contributed by atoms with Gasteiger partial charge in [-0.3, -0.25) is 9.36 Å². The molecule has 2 atom stereocenters. The van der Waals surface area contributed by atoms with E-state index in [4.69, 9.17) is 40.4 Å². The Bertz CT molecular complexity index is 1970. The molecule has 12 nitrogen and oxygen atoms in total. The largest absolute Gasteiger partial charge is 0.480 e. The van der Waals surface area contributed by atoms with Crippen molar-refractivity contribution >= 4 is 62.4 Å². The molecule has 2 fully saturated rings. The first-order chi connectivity index (χ1) is 22.4. The number of carboxylic acid groups (broad SMARTS) is 1. The van der Waals surface area contributed by atoms with Gasteiger partial charge in [0, 0.05) is 49.0 Å². The highest BCUT2D eigenvalue weighted by Crippen LogP contribution is 2.39. The van der Waals surface area contributed by atoms with Crippen molar-refractivity contribution in [2.45, 2.75) is 63.3 Å². The van der Waals surface area contributed by atoms with Gasteiger partial charge in [0.05, 0.1) is 17.6 Å². The molecule has 13 heteroatoms. The zero-order valence-corrected chi connectivity index (χ0v) is 25.9. The Balaban J connectivity index is 1.22. The Hall–Kier alpha value is -4.42. The standard InChI is InChI=1S/C33H33ClN6O6/c34-19-8-9-23-24(15-19)40-20-10-12-38(13-11-20)28(41)7-3-4-14-44-18-27-36-29-22-5-1-2-6-26(22)46-30(29)31(37-27)39-17-21(45-33(40)35-23)16-25(39)32(42)43/h1-2,5-6,8-9,15,20-21,25H,3-4,7,10-14,16-18H2,(H,42,43)/t21-,25-/m0/s1. The third kappa shape index (κ3) is 5.19. The van der Waals surface area contributed by atoms with Gasteiger partial charge in [-0.2, -0.15) is 4.98 Å². The summed E-state index contributed by atoms with van der Waals surface area (Å²) < 4.78 is 20.9. The van der Waals surface area contributed by atoms with Gasteiger partial charge >= 0.3 is 5.97 Å². The molecule has 0 unspecified atom stereocenters. The van der Waals surface area contributed by atoms with E-state index in [-0.39, 0.29) is 31.5 Å². The predicted octanol–water partition coefficient (Wildman–Crippen LogP) is 5.35. The van der Waals surface area contributed by atoms with Crippen LogP contribution in [0.1, 0.15) is 50.4 Å². The summed E-state index contributed by atoms with van der Waals surface area (Å²) in [5.41, 5.74) is 3.25. The summed E-state index contributed by atoms with van der Waals surface area (Å²) in [6.07, 6.45) is 3.10. The van der Waals surface area contributed by atoms with Gasteiger partial charge in [-0.15, -0.1) is 0 Å². The Labute approximate surface area is 268 Å². The van der Waals surface area contributed by atoms with Crippen molar-refractivity contribution in [1.82, 2.24) is 24.4 Å². The molecule has 7 heterocycles. The van der Waals surface area contributed by atoms with Crippen LogP contribution in [0.25, 0.3) is 33.1 Å². The van der Waals surface area contributed by atoms with Crippen molar-refractivity contribution in [1.29, 1.82) is 0 Å². The maximum absolute atomic E-state index is 13.0. The molecule has 6 bridgehead atoms. The van der Waals surface area contributed by atoms with Gasteiger partial charge in [-0.05, 0) is 56.0 Å². The van der Waals surface area contributed by atoms with Crippen molar-refractivity contribution in [3.05, 3.63) is 53.3 Å². The number of fused-ring (bicyclic) bond motifs is 12. The Morgan fingerprint density at radius 1 is 1.04 bits per heavy atom. The number of rotatable bonds is 1. The highest BCUT2D eigenvalue weighted by molar-refractivity contribution is 6.31. The van der Waals surface area contributed by atoms with Crippen molar-refractivity contribution < 1.29 is 28.6 Å². The van der Waals surface area contributed by atoms with E-state index in [1.54, 1.807) is 11.0 Å². The summed E-state index contributed by atoms with van der Waals surface area (Å²) in [6, 6.07) is 12.7. The molecule has 1 N–H and O–H groups in total. The van der Waals surface area contributed by atoms with E-state index < -0.39 is 18.1 Å². The maximum atomic E-state index is 13.0. The quantitative estimate of drug-likeness (QED) is 0.254. The average molecular weight is 645 g/mol. The normalized spacial score (nSPS) is 22.8. The second-order valence-corrected chi connectivity index (χ2v) is 12.7. The number of imidazole rings is 1. The van der Waals surface area contributed by atoms with E-state index in [1.165, 1.54) is 0 Å². The van der Waals surface area contributed by atoms with E-state index in [1.807, 2.05) is 41.3 Å². The molecule has 0 spiro atoms. The minimum absolute atomic E-state index is 0.0360. The molecule has 0 radical (unpaired) electrons. The van der Waals surface area contributed by atoms with E-state index in [0.717, 1.165) is 35.7 Å². The molecule has 3 aromatic heterocycles. The van der Waals surface area contributed by atoms with Crippen LogP contribution in [0.2, 0.25) is 5.02 Å². The molecule has 4 aliphatic heterocycles. The number of aromatic nitrogens is 4. The lowest BCUT2D eigenvalue weighted by Gasteiger charge is -2.33. The number of anilines is 1. The SMILES string of the molecule is O=C(O)[C@@H]1C[C@H]2CN1c1nc(nc3c1oc1ccccc13)COCCCCC(=O)N1CCC(CC1)n1c(nc3ccc(Cl)cc31)O2. The van der Waals surface area contributed by atoms with Crippen molar-refractivity contribution in [3.8, 4) is 6.01 Å². The molecule has 238 valence electrons. The molecule has 5 aromatic rings. The van der Waals surface area contributed by atoms with E-state index in [0.29, 0.717) is 71.9 Å². The number of ether oxygens (including phenoxy) is 2. The second kappa shape index (κ2) is 11.7. The van der Waals surface area contributed by atoms with Crippen LogP contribution in [0.4, 0.5) is 5.82 Å². The Morgan fingerprint density at radius 2 is 1.89 bits per heavy atom. The van der Waals surface area contributed by atoms with Crippen LogP contribution in [0, 0.1) is 0 Å². The smallest absolute Gasteiger partial charge is 0.326 e. The fraction of sp³-hybridized carbons (Fsp3) is 0.424. The number of hydrogen-bond donors (Lipinski definition) is 1. The number of para-hydroxylation sites is 1. The van der Waals surface area contributed by atoms with Gasteiger partial charge in [0.15, 0.2) is 17.2 Å². The molecule has 2 saturated heterocycles. The van der Waals surface area contributed by atoms with Crippen LogP contribution >= 0.6 is 11.6 Å². The summed E-state index contributed by atoms with van der Waals surface area (Å²) in [5, 5.41) is 11.8. The Kier molecular flexibility index (Phi) is 7.41. The third-order valence-electron chi connectivity index (χ3n) is 9.30. The second-order valence-electron chi connectivity index (χ2n) is 12.2. The zero-order chi connectivity index (χ0) is 31.4. The molecular formula is C33H33ClN6O6. The van der Waals surface area contributed by atoms with Crippen LogP contribution < -0.4 is 9.64 Å². The van der Waals surface area contributed by atoms with Gasteiger partial charge < -0.3 is 28.8 Å². The molecule has 0 aliphatic carbocycles. The first kappa shape index (κ1) is 29.0. The van der Waals surface area contributed by atoms with Gasteiger partial charge in [-0.25, -0.2) is 14.8 Å². The number of hydrogen-bond acceptors (Lipinski definition) is 9. The number of carbonyl (C=O) groups excluding carboxylic acids is 1. The number of piperidine rings is 1. The lowest BCUT2D eigenvalue weighted by Crippen LogP contribution is -2.39. The van der Waals surface area contributed by atoms with Gasteiger partial charge in [0.1, 0.15) is 29.9 Å². The molecule has 1 amide bonds. The number of halogens is 1. The Morgan fingerprint density at radius 3 is 2.74 bits per heavy atom. The first-order valence-electron chi connectivity index (χ1n) is 15.8. The lowest BCUT2D eigenvalue weighted by atomic mass is 10.0. The molecule has 9 rings (SSSR count). The van der Waals surface area contributed by atoms with Gasteiger partial charge in [0.2, 0.25) is 5.91 Å². The summed E-state index contributed by atoms with van der Waals surface area (Å²) in [5.74, 6) is -0.0116. The molecule has 4 aliphatic rings. The minimum atomic E-state index is -0.984. The van der Waals surface area contributed by atoms with Crippen LogP contribution in [-0.4, -0.2) is 79.8 Å². The number of carbonyl (C=O) groups is 2. The fourth-order valence-electron chi connectivity index (χ4n) is 7.04. The van der Waals surface area contributed by atoms with Crippen LogP contribution in [0.5, 0.6) is 6.01 Å². The molecule has 2 aromatic carbocycles. The number of carboxylic acids is 1. The van der Waals surface area contributed by atoms with Crippen molar-refractivity contribution in [2.75, 3.05) is 31.1 Å². The molecular weight excluding hydrogens is 612 g/mol. The minimum Gasteiger partial charge on any atom is -0.480 e. The number of benzene rings is 2. The predicted molar refractivity (Wildman–Crippen MR) is 170 cm³/mol. The van der Waals surface area contributed by atoms with E-state index in [9.17, 15) is 14.7 Å². The number of aliphatic carboxylic acids is 1. The van der Waals surface area contributed by atoms with E-state index >= 15 is 0 Å². The topological polar surface area (TPSA) is 136 Å². The summed E-state index contributed by atoms with van der Waals surface area (Å²) in [6.45, 7) is 2.11. The molecule has 0 saturated carbocycles. The van der Waals surface area contributed by atoms with Crippen LogP contribution in [0.15, 0.2) is 46.9 Å². The lowest BCUT2D eigenvalue weighted by molar-refractivity contribution is -0.138. The summed E-state index contributed by atoms with van der Waals surface area (Å²) >= 11 is 6.43. The number of furan rings is 1. The zero-order valence-electron chi connectivity index (χ0n) is 25.1. The third-order valence-corrected chi connectivity index (χ3v) is 9.54. The highest BCUT2D eigenvalue weighted by Gasteiger charge is 2.42. The van der Waals surface area contributed by atoms with E-state index in [2.05, 4.69) is 4.57 Å².